The SMILES string of the molecule is Cc1ccc2c(CC(=O)Cc3nc(-c4ccncc4)cs3)coc2c1. The van der Waals surface area contributed by atoms with Gasteiger partial charge in [-0.25, -0.2) is 4.98 Å². The second-order valence-electron chi connectivity index (χ2n) is 6.02. The number of nitrogens with zero attached hydrogens (tertiary/aromatic N) is 2. The highest BCUT2D eigenvalue weighted by Gasteiger charge is 2.13. The van der Waals surface area contributed by atoms with Crippen LogP contribution in [0, 0.1) is 6.92 Å². The summed E-state index contributed by atoms with van der Waals surface area (Å²) in [5.74, 6) is 0.138. The minimum absolute atomic E-state index is 0.138. The quantitative estimate of drug-likeness (QED) is 0.528. The number of carbonyl (C=O) groups excluding carboxylic acids is 1. The summed E-state index contributed by atoms with van der Waals surface area (Å²) in [6.07, 6.45) is 5.87. The lowest BCUT2D eigenvalue weighted by Crippen LogP contribution is -2.06. The van der Waals surface area contributed by atoms with Crippen LogP contribution in [0.2, 0.25) is 0 Å². The summed E-state index contributed by atoms with van der Waals surface area (Å²) in [6.45, 7) is 2.02. The van der Waals surface area contributed by atoms with E-state index in [1.54, 1.807) is 18.7 Å². The number of aryl methyl sites for hydroxylation is 1. The number of Topliss-reactive ketones (excluding diaryl/α,β-unsaturated/α-hetero) is 1. The standard InChI is InChI=1S/C20H16N2O2S/c1-13-2-3-17-15(11-24-19(17)8-13)9-16(23)10-20-22-18(12-25-20)14-4-6-21-7-5-14/h2-8,11-12H,9-10H2,1H3. The van der Waals surface area contributed by atoms with Crippen LogP contribution in [0.25, 0.3) is 22.2 Å². The first-order valence-corrected chi connectivity index (χ1v) is 8.90. The molecule has 0 radical (unpaired) electrons. The zero-order valence-corrected chi connectivity index (χ0v) is 14.5. The van der Waals surface area contributed by atoms with E-state index < -0.39 is 0 Å². The number of carbonyl (C=O) groups is 1. The Kier molecular flexibility index (Phi) is 4.15. The highest BCUT2D eigenvalue weighted by atomic mass is 32.1. The van der Waals surface area contributed by atoms with Crippen LogP contribution in [0.3, 0.4) is 0 Å². The van der Waals surface area contributed by atoms with Crippen LogP contribution < -0.4 is 0 Å². The van der Waals surface area contributed by atoms with Crippen molar-refractivity contribution in [2.75, 3.05) is 0 Å². The van der Waals surface area contributed by atoms with E-state index in [2.05, 4.69) is 9.97 Å². The van der Waals surface area contributed by atoms with E-state index in [0.717, 1.165) is 38.4 Å². The predicted molar refractivity (Wildman–Crippen MR) is 98.7 cm³/mol. The summed E-state index contributed by atoms with van der Waals surface area (Å²) >= 11 is 1.52. The van der Waals surface area contributed by atoms with Gasteiger partial charge in [0.15, 0.2) is 0 Å². The van der Waals surface area contributed by atoms with Gasteiger partial charge < -0.3 is 4.42 Å². The molecule has 4 nitrogen and oxygen atoms in total. The number of pyridine rings is 1. The van der Waals surface area contributed by atoms with Crippen molar-refractivity contribution < 1.29 is 9.21 Å². The smallest absolute Gasteiger partial charge is 0.144 e. The molecule has 124 valence electrons. The Morgan fingerprint density at radius 1 is 1.16 bits per heavy atom. The first kappa shape index (κ1) is 15.7. The molecule has 0 spiro atoms. The average molecular weight is 348 g/mol. The summed E-state index contributed by atoms with van der Waals surface area (Å²) in [5, 5.41) is 3.82. The Morgan fingerprint density at radius 3 is 2.84 bits per heavy atom. The first-order valence-electron chi connectivity index (χ1n) is 8.02. The number of aromatic nitrogens is 2. The summed E-state index contributed by atoms with van der Waals surface area (Å²) in [6, 6.07) is 9.88. The van der Waals surface area contributed by atoms with Crippen molar-refractivity contribution in [3.63, 3.8) is 0 Å². The van der Waals surface area contributed by atoms with Crippen LogP contribution in [-0.4, -0.2) is 15.8 Å². The van der Waals surface area contributed by atoms with E-state index in [4.69, 9.17) is 4.42 Å². The Morgan fingerprint density at radius 2 is 2.00 bits per heavy atom. The van der Waals surface area contributed by atoms with Gasteiger partial charge in [0.05, 0.1) is 18.4 Å². The van der Waals surface area contributed by atoms with Gasteiger partial charge >= 0.3 is 0 Å². The number of thiazole rings is 1. The molecule has 0 amide bonds. The number of benzene rings is 1. The van der Waals surface area contributed by atoms with Crippen LogP contribution in [0.15, 0.2) is 58.8 Å². The van der Waals surface area contributed by atoms with E-state index in [9.17, 15) is 4.79 Å². The monoisotopic (exact) mass is 348 g/mol. The Labute approximate surface area is 149 Å². The molecule has 0 N–H and O–H groups in total. The molecule has 3 aromatic heterocycles. The second-order valence-corrected chi connectivity index (χ2v) is 6.96. The highest BCUT2D eigenvalue weighted by molar-refractivity contribution is 7.10. The fraction of sp³-hybridized carbons (Fsp3) is 0.150. The van der Waals surface area contributed by atoms with Gasteiger partial charge in [0.1, 0.15) is 16.4 Å². The third-order valence-electron chi connectivity index (χ3n) is 4.08. The van der Waals surface area contributed by atoms with E-state index in [1.807, 2.05) is 42.6 Å². The van der Waals surface area contributed by atoms with Crippen molar-refractivity contribution in [3.05, 3.63) is 70.5 Å². The van der Waals surface area contributed by atoms with Gasteiger partial charge in [0, 0.05) is 40.7 Å². The average Bonchev–Trinajstić information content (AvgIpc) is 3.23. The third-order valence-corrected chi connectivity index (χ3v) is 4.92. The normalized spacial score (nSPS) is 11.1. The molecular formula is C20H16N2O2S. The summed E-state index contributed by atoms with van der Waals surface area (Å²) in [4.78, 5) is 21.0. The summed E-state index contributed by atoms with van der Waals surface area (Å²) in [5.41, 5.74) is 4.81. The Hall–Kier alpha value is -2.79. The van der Waals surface area contributed by atoms with Gasteiger partial charge in [0.2, 0.25) is 0 Å². The van der Waals surface area contributed by atoms with E-state index in [1.165, 1.54) is 11.3 Å². The molecule has 4 aromatic rings. The lowest BCUT2D eigenvalue weighted by Gasteiger charge is -1.98. The van der Waals surface area contributed by atoms with Crippen molar-refractivity contribution in [2.24, 2.45) is 0 Å². The molecular weight excluding hydrogens is 332 g/mol. The van der Waals surface area contributed by atoms with Crippen molar-refractivity contribution in [2.45, 2.75) is 19.8 Å². The third kappa shape index (κ3) is 3.37. The summed E-state index contributed by atoms with van der Waals surface area (Å²) < 4.78 is 5.57. The van der Waals surface area contributed by atoms with Crippen LogP contribution in [-0.2, 0) is 17.6 Å². The minimum atomic E-state index is 0.138. The molecule has 0 bridgehead atoms. The number of fused-ring (bicyclic) bond motifs is 1. The summed E-state index contributed by atoms with van der Waals surface area (Å²) in [7, 11) is 0. The maximum Gasteiger partial charge on any atom is 0.144 e. The zero-order chi connectivity index (χ0) is 17.2. The fourth-order valence-corrected chi connectivity index (χ4v) is 3.65. The first-order chi connectivity index (χ1) is 12.2. The molecule has 1 aromatic carbocycles. The molecule has 0 aliphatic rings. The van der Waals surface area contributed by atoms with Gasteiger partial charge in [-0.3, -0.25) is 9.78 Å². The van der Waals surface area contributed by atoms with E-state index >= 15 is 0 Å². The van der Waals surface area contributed by atoms with E-state index in [-0.39, 0.29) is 5.78 Å². The molecule has 0 saturated heterocycles. The van der Waals surface area contributed by atoms with Gasteiger partial charge in [-0.1, -0.05) is 12.1 Å². The molecule has 0 atom stereocenters. The molecule has 0 unspecified atom stereocenters. The van der Waals surface area contributed by atoms with Crippen LogP contribution in [0.4, 0.5) is 0 Å². The molecule has 5 heteroatoms. The number of rotatable bonds is 5. The minimum Gasteiger partial charge on any atom is -0.464 e. The zero-order valence-electron chi connectivity index (χ0n) is 13.7. The molecule has 0 fully saturated rings. The fourth-order valence-electron chi connectivity index (χ4n) is 2.82. The van der Waals surface area contributed by atoms with Gasteiger partial charge in [0.25, 0.3) is 0 Å². The van der Waals surface area contributed by atoms with Crippen LogP contribution in [0.5, 0.6) is 0 Å². The molecule has 25 heavy (non-hydrogen) atoms. The highest BCUT2D eigenvalue weighted by Crippen LogP contribution is 2.24. The van der Waals surface area contributed by atoms with Gasteiger partial charge in [-0.2, -0.15) is 0 Å². The van der Waals surface area contributed by atoms with Crippen molar-refractivity contribution in [1.29, 1.82) is 0 Å². The van der Waals surface area contributed by atoms with Crippen molar-refractivity contribution >= 4 is 28.1 Å². The maximum absolute atomic E-state index is 12.5. The maximum atomic E-state index is 12.5. The second kappa shape index (κ2) is 6.61. The Balaban J connectivity index is 1.48. The molecule has 3 heterocycles. The molecule has 0 aliphatic carbocycles. The van der Waals surface area contributed by atoms with Crippen LogP contribution in [0.1, 0.15) is 16.1 Å². The number of ketones is 1. The van der Waals surface area contributed by atoms with Crippen LogP contribution >= 0.6 is 11.3 Å². The number of furan rings is 1. The largest absolute Gasteiger partial charge is 0.464 e. The predicted octanol–water partition coefficient (Wildman–Crippen LogP) is 4.61. The van der Waals surface area contributed by atoms with Gasteiger partial charge in [-0.05, 0) is 30.7 Å². The topological polar surface area (TPSA) is 56.0 Å². The van der Waals surface area contributed by atoms with Crippen molar-refractivity contribution in [3.8, 4) is 11.3 Å². The molecule has 4 rings (SSSR count). The Bertz CT molecular complexity index is 1030. The van der Waals surface area contributed by atoms with Crippen molar-refractivity contribution in [1.82, 2.24) is 9.97 Å². The van der Waals surface area contributed by atoms with E-state index in [0.29, 0.717) is 12.8 Å². The number of hydrogen-bond donors (Lipinski definition) is 0. The van der Waals surface area contributed by atoms with Gasteiger partial charge in [-0.15, -0.1) is 11.3 Å². The lowest BCUT2D eigenvalue weighted by atomic mass is 10.1. The number of hydrogen-bond acceptors (Lipinski definition) is 5. The molecule has 0 aliphatic heterocycles. The molecule has 0 saturated carbocycles. The lowest BCUT2D eigenvalue weighted by molar-refractivity contribution is -0.117.